The lowest BCUT2D eigenvalue weighted by molar-refractivity contribution is 0.581. The van der Waals surface area contributed by atoms with Crippen molar-refractivity contribution in [3.63, 3.8) is 0 Å². The maximum atomic E-state index is 12.1. The summed E-state index contributed by atoms with van der Waals surface area (Å²) in [6.07, 6.45) is 0. The molecule has 0 saturated carbocycles. The van der Waals surface area contributed by atoms with Crippen molar-refractivity contribution in [1.82, 2.24) is 4.72 Å². The van der Waals surface area contributed by atoms with Crippen LogP contribution in [-0.4, -0.2) is 8.42 Å². The molecule has 0 unspecified atom stereocenters. The van der Waals surface area contributed by atoms with Crippen LogP contribution < -0.4 is 4.72 Å². The maximum absolute atomic E-state index is 12.1. The Hall–Kier alpha value is -2.16. The molecule has 0 aliphatic heterocycles. The number of nitrogens with zero attached hydrogens (tertiary/aromatic N) is 1. The SMILES string of the molecule is Cc1cccc(CNS(=O)(=O)c2cccc(C#N)c2)c1. The maximum Gasteiger partial charge on any atom is 0.240 e. The summed E-state index contributed by atoms with van der Waals surface area (Å²) in [5.41, 5.74) is 2.29. The molecule has 0 heterocycles. The predicted molar refractivity (Wildman–Crippen MR) is 76.4 cm³/mol. The molecule has 20 heavy (non-hydrogen) atoms. The van der Waals surface area contributed by atoms with E-state index in [4.69, 9.17) is 5.26 Å². The summed E-state index contributed by atoms with van der Waals surface area (Å²) in [6.45, 7) is 2.18. The zero-order valence-corrected chi connectivity index (χ0v) is 11.8. The van der Waals surface area contributed by atoms with Crippen molar-refractivity contribution in [2.24, 2.45) is 0 Å². The van der Waals surface area contributed by atoms with Crippen LogP contribution in [0.2, 0.25) is 0 Å². The molecule has 5 heteroatoms. The van der Waals surface area contributed by atoms with Gasteiger partial charge in [-0.1, -0.05) is 35.9 Å². The lowest BCUT2D eigenvalue weighted by Gasteiger charge is -2.07. The molecular formula is C15H14N2O2S. The lowest BCUT2D eigenvalue weighted by atomic mass is 10.1. The minimum atomic E-state index is -3.61. The Balaban J connectivity index is 2.17. The Morgan fingerprint density at radius 3 is 2.60 bits per heavy atom. The van der Waals surface area contributed by atoms with E-state index in [1.807, 2.05) is 37.3 Å². The number of benzene rings is 2. The lowest BCUT2D eigenvalue weighted by Crippen LogP contribution is -2.23. The van der Waals surface area contributed by atoms with E-state index in [1.165, 1.54) is 12.1 Å². The van der Waals surface area contributed by atoms with E-state index in [0.29, 0.717) is 5.56 Å². The van der Waals surface area contributed by atoms with Gasteiger partial charge in [0.2, 0.25) is 10.0 Å². The second-order valence-electron chi connectivity index (χ2n) is 4.45. The molecule has 0 atom stereocenters. The molecule has 2 aromatic carbocycles. The Morgan fingerprint density at radius 1 is 1.15 bits per heavy atom. The van der Waals surface area contributed by atoms with Crippen LogP contribution in [0.1, 0.15) is 16.7 Å². The number of rotatable bonds is 4. The summed E-state index contributed by atoms with van der Waals surface area (Å²) in [7, 11) is -3.61. The molecule has 2 aromatic rings. The van der Waals surface area contributed by atoms with Gasteiger partial charge in [0.25, 0.3) is 0 Å². The summed E-state index contributed by atoms with van der Waals surface area (Å²) in [6, 6.07) is 15.5. The molecule has 4 nitrogen and oxygen atoms in total. The fourth-order valence-corrected chi connectivity index (χ4v) is 2.88. The van der Waals surface area contributed by atoms with E-state index in [1.54, 1.807) is 12.1 Å². The van der Waals surface area contributed by atoms with Gasteiger partial charge in [-0.25, -0.2) is 13.1 Å². The van der Waals surface area contributed by atoms with Crippen LogP contribution in [0, 0.1) is 18.3 Å². The molecule has 0 amide bonds. The van der Waals surface area contributed by atoms with Crippen LogP contribution in [0.5, 0.6) is 0 Å². The fraction of sp³-hybridized carbons (Fsp3) is 0.133. The zero-order chi connectivity index (χ0) is 14.6. The van der Waals surface area contributed by atoms with Gasteiger partial charge in [-0.2, -0.15) is 5.26 Å². The number of sulfonamides is 1. The van der Waals surface area contributed by atoms with Gasteiger partial charge in [0, 0.05) is 6.54 Å². The van der Waals surface area contributed by atoms with Gasteiger partial charge >= 0.3 is 0 Å². The van der Waals surface area contributed by atoms with Crippen molar-refractivity contribution in [3.8, 4) is 6.07 Å². The molecule has 0 aliphatic rings. The molecule has 0 bridgehead atoms. The summed E-state index contributed by atoms with van der Waals surface area (Å²) in [5.74, 6) is 0. The summed E-state index contributed by atoms with van der Waals surface area (Å²) >= 11 is 0. The number of aryl methyl sites for hydroxylation is 1. The monoisotopic (exact) mass is 286 g/mol. The molecule has 102 valence electrons. The van der Waals surface area contributed by atoms with E-state index >= 15 is 0 Å². The van der Waals surface area contributed by atoms with Crippen molar-refractivity contribution >= 4 is 10.0 Å². The van der Waals surface area contributed by atoms with E-state index in [9.17, 15) is 8.42 Å². The van der Waals surface area contributed by atoms with Gasteiger partial charge in [0.1, 0.15) is 0 Å². The average molecular weight is 286 g/mol. The third kappa shape index (κ3) is 3.44. The van der Waals surface area contributed by atoms with Crippen LogP contribution in [0.15, 0.2) is 53.4 Å². The topological polar surface area (TPSA) is 70.0 Å². The van der Waals surface area contributed by atoms with E-state index in [0.717, 1.165) is 11.1 Å². The van der Waals surface area contributed by atoms with E-state index in [-0.39, 0.29) is 11.4 Å². The molecule has 0 spiro atoms. The first-order chi connectivity index (χ1) is 9.51. The second-order valence-corrected chi connectivity index (χ2v) is 6.22. The molecule has 1 N–H and O–H groups in total. The molecule has 0 radical (unpaired) electrons. The number of nitrogens with one attached hydrogen (secondary N) is 1. The Labute approximate surface area is 118 Å². The molecule has 0 fully saturated rings. The highest BCUT2D eigenvalue weighted by molar-refractivity contribution is 7.89. The first kappa shape index (κ1) is 14.3. The van der Waals surface area contributed by atoms with Gasteiger partial charge in [-0.3, -0.25) is 0 Å². The number of hydrogen-bond acceptors (Lipinski definition) is 3. The quantitative estimate of drug-likeness (QED) is 0.938. The van der Waals surface area contributed by atoms with Crippen molar-refractivity contribution in [2.45, 2.75) is 18.4 Å². The van der Waals surface area contributed by atoms with E-state index < -0.39 is 10.0 Å². The molecule has 0 saturated heterocycles. The standard InChI is InChI=1S/C15H14N2O2S/c1-12-4-2-6-14(8-12)11-17-20(18,19)15-7-3-5-13(9-15)10-16/h2-9,17H,11H2,1H3. The smallest absolute Gasteiger partial charge is 0.207 e. The van der Waals surface area contributed by atoms with Gasteiger partial charge in [0.15, 0.2) is 0 Å². The van der Waals surface area contributed by atoms with Crippen LogP contribution >= 0.6 is 0 Å². The molecular weight excluding hydrogens is 272 g/mol. The van der Waals surface area contributed by atoms with Gasteiger partial charge in [0.05, 0.1) is 16.5 Å². The largest absolute Gasteiger partial charge is 0.240 e. The normalized spacial score (nSPS) is 11.0. The van der Waals surface area contributed by atoms with Crippen LogP contribution in [0.4, 0.5) is 0 Å². The van der Waals surface area contributed by atoms with Gasteiger partial charge in [-0.15, -0.1) is 0 Å². The highest BCUT2D eigenvalue weighted by atomic mass is 32.2. The third-order valence-corrected chi connectivity index (χ3v) is 4.22. The van der Waals surface area contributed by atoms with Crippen LogP contribution in [0.3, 0.4) is 0 Å². The van der Waals surface area contributed by atoms with Crippen molar-refractivity contribution < 1.29 is 8.42 Å². The zero-order valence-electron chi connectivity index (χ0n) is 11.0. The first-order valence-corrected chi connectivity index (χ1v) is 7.55. The highest BCUT2D eigenvalue weighted by Gasteiger charge is 2.13. The summed E-state index contributed by atoms with van der Waals surface area (Å²) in [5, 5.41) is 8.80. The Kier molecular flexibility index (Phi) is 4.18. The summed E-state index contributed by atoms with van der Waals surface area (Å²) < 4.78 is 26.8. The molecule has 0 aliphatic carbocycles. The van der Waals surface area contributed by atoms with Crippen molar-refractivity contribution in [2.75, 3.05) is 0 Å². The van der Waals surface area contributed by atoms with Gasteiger partial charge < -0.3 is 0 Å². The molecule has 2 rings (SSSR count). The minimum Gasteiger partial charge on any atom is -0.207 e. The van der Waals surface area contributed by atoms with E-state index in [2.05, 4.69) is 4.72 Å². The van der Waals surface area contributed by atoms with Crippen molar-refractivity contribution in [3.05, 3.63) is 65.2 Å². The third-order valence-electron chi connectivity index (χ3n) is 2.82. The fourth-order valence-electron chi connectivity index (χ4n) is 1.82. The molecule has 0 aromatic heterocycles. The second kappa shape index (κ2) is 5.87. The highest BCUT2D eigenvalue weighted by Crippen LogP contribution is 2.12. The number of nitriles is 1. The Morgan fingerprint density at radius 2 is 1.90 bits per heavy atom. The van der Waals surface area contributed by atoms with Crippen molar-refractivity contribution in [1.29, 1.82) is 5.26 Å². The Bertz CT molecular complexity index is 761. The van der Waals surface area contributed by atoms with Crippen LogP contribution in [0.25, 0.3) is 0 Å². The average Bonchev–Trinajstić information content (AvgIpc) is 2.45. The van der Waals surface area contributed by atoms with Gasteiger partial charge in [-0.05, 0) is 30.7 Å². The van der Waals surface area contributed by atoms with Crippen LogP contribution in [-0.2, 0) is 16.6 Å². The first-order valence-electron chi connectivity index (χ1n) is 6.07. The number of hydrogen-bond donors (Lipinski definition) is 1. The predicted octanol–water partition coefficient (Wildman–Crippen LogP) is 2.35. The summed E-state index contributed by atoms with van der Waals surface area (Å²) in [4.78, 5) is 0.101. The minimum absolute atomic E-state index is 0.101.